The Kier molecular flexibility index (Phi) is 4.73. The number of aliphatic hydroxyl groups is 1. The SMILES string of the molecule is Oc1c(Cl)cc(Cl)cc1CN[C@@H]1CCC[C@H](O)C1. The molecule has 1 aliphatic rings. The van der Waals surface area contributed by atoms with Crippen molar-refractivity contribution in [3.8, 4) is 5.75 Å². The maximum Gasteiger partial charge on any atom is 0.138 e. The summed E-state index contributed by atoms with van der Waals surface area (Å²) in [6.07, 6.45) is 3.50. The van der Waals surface area contributed by atoms with Crippen molar-refractivity contribution in [2.24, 2.45) is 0 Å². The lowest BCUT2D eigenvalue weighted by molar-refractivity contribution is 0.111. The van der Waals surface area contributed by atoms with Crippen LogP contribution in [0.3, 0.4) is 0 Å². The molecule has 1 aliphatic carbocycles. The molecule has 0 radical (unpaired) electrons. The molecule has 1 fully saturated rings. The zero-order valence-electron chi connectivity index (χ0n) is 10.00. The van der Waals surface area contributed by atoms with Crippen LogP contribution in [0.1, 0.15) is 31.2 Å². The minimum atomic E-state index is -0.215. The monoisotopic (exact) mass is 289 g/mol. The summed E-state index contributed by atoms with van der Waals surface area (Å²) < 4.78 is 0. The Bertz CT molecular complexity index is 426. The number of phenols is 1. The van der Waals surface area contributed by atoms with Crippen molar-refractivity contribution < 1.29 is 10.2 Å². The number of benzene rings is 1. The topological polar surface area (TPSA) is 52.5 Å². The van der Waals surface area contributed by atoms with Gasteiger partial charge in [0, 0.05) is 23.2 Å². The highest BCUT2D eigenvalue weighted by molar-refractivity contribution is 6.35. The summed E-state index contributed by atoms with van der Waals surface area (Å²) >= 11 is 11.8. The molecule has 1 saturated carbocycles. The number of nitrogens with one attached hydrogen (secondary N) is 1. The van der Waals surface area contributed by atoms with Gasteiger partial charge in [0.05, 0.1) is 11.1 Å². The zero-order chi connectivity index (χ0) is 13.1. The largest absolute Gasteiger partial charge is 0.506 e. The van der Waals surface area contributed by atoms with Crippen molar-refractivity contribution in [1.29, 1.82) is 0 Å². The van der Waals surface area contributed by atoms with Crippen molar-refractivity contribution in [2.75, 3.05) is 0 Å². The van der Waals surface area contributed by atoms with E-state index in [9.17, 15) is 10.2 Å². The molecule has 100 valence electrons. The van der Waals surface area contributed by atoms with Gasteiger partial charge in [-0.15, -0.1) is 0 Å². The van der Waals surface area contributed by atoms with E-state index in [0.29, 0.717) is 17.1 Å². The van der Waals surface area contributed by atoms with E-state index in [0.717, 1.165) is 25.7 Å². The highest BCUT2D eigenvalue weighted by atomic mass is 35.5. The zero-order valence-corrected chi connectivity index (χ0v) is 11.5. The molecule has 3 nitrogen and oxygen atoms in total. The first kappa shape index (κ1) is 13.9. The number of hydrogen-bond acceptors (Lipinski definition) is 3. The van der Waals surface area contributed by atoms with Crippen molar-refractivity contribution in [3.63, 3.8) is 0 Å². The minimum Gasteiger partial charge on any atom is -0.506 e. The summed E-state index contributed by atoms with van der Waals surface area (Å²) in [4.78, 5) is 0. The van der Waals surface area contributed by atoms with Crippen molar-refractivity contribution in [1.82, 2.24) is 5.32 Å². The van der Waals surface area contributed by atoms with E-state index in [1.165, 1.54) is 6.07 Å². The molecular weight excluding hydrogens is 273 g/mol. The van der Waals surface area contributed by atoms with Crippen LogP contribution in [0, 0.1) is 0 Å². The number of aromatic hydroxyl groups is 1. The van der Waals surface area contributed by atoms with Gasteiger partial charge < -0.3 is 15.5 Å². The van der Waals surface area contributed by atoms with Crippen LogP contribution in [-0.2, 0) is 6.54 Å². The lowest BCUT2D eigenvalue weighted by atomic mass is 9.93. The van der Waals surface area contributed by atoms with E-state index >= 15 is 0 Å². The summed E-state index contributed by atoms with van der Waals surface area (Å²) in [6.45, 7) is 0.503. The average molecular weight is 290 g/mol. The summed E-state index contributed by atoms with van der Waals surface area (Å²) in [5.41, 5.74) is 0.688. The Hall–Kier alpha value is -0.480. The maximum atomic E-state index is 9.82. The first-order valence-corrected chi connectivity index (χ1v) is 6.90. The Balaban J connectivity index is 1.97. The Labute approximate surface area is 117 Å². The molecule has 5 heteroatoms. The van der Waals surface area contributed by atoms with Crippen molar-refractivity contribution >= 4 is 23.2 Å². The molecule has 18 heavy (non-hydrogen) atoms. The molecule has 1 aromatic rings. The number of hydrogen-bond donors (Lipinski definition) is 3. The van der Waals surface area contributed by atoms with Crippen LogP contribution in [0.2, 0.25) is 10.0 Å². The fourth-order valence-corrected chi connectivity index (χ4v) is 2.89. The van der Waals surface area contributed by atoms with E-state index in [1.807, 2.05) is 0 Å². The third-order valence-electron chi connectivity index (χ3n) is 3.33. The summed E-state index contributed by atoms with van der Waals surface area (Å²) in [5, 5.41) is 23.5. The Morgan fingerprint density at radius 3 is 2.78 bits per heavy atom. The maximum absolute atomic E-state index is 9.82. The standard InChI is InChI=1S/C13H17Cl2NO2/c14-9-4-8(13(18)12(15)5-9)7-16-10-2-1-3-11(17)6-10/h4-5,10-11,16-18H,1-3,6-7H2/t10-,11+/m1/s1. The second-order valence-electron chi connectivity index (χ2n) is 4.79. The predicted molar refractivity (Wildman–Crippen MR) is 73.2 cm³/mol. The first-order valence-electron chi connectivity index (χ1n) is 6.14. The number of halogens is 2. The summed E-state index contributed by atoms with van der Waals surface area (Å²) in [7, 11) is 0. The molecule has 2 rings (SSSR count). The molecule has 0 unspecified atom stereocenters. The van der Waals surface area contributed by atoms with E-state index in [2.05, 4.69) is 5.32 Å². The van der Waals surface area contributed by atoms with Gasteiger partial charge in [0.15, 0.2) is 0 Å². The van der Waals surface area contributed by atoms with Crippen LogP contribution in [0.5, 0.6) is 5.75 Å². The van der Waals surface area contributed by atoms with Crippen molar-refractivity contribution in [2.45, 2.75) is 44.4 Å². The van der Waals surface area contributed by atoms with Gasteiger partial charge in [-0.1, -0.05) is 23.2 Å². The molecule has 0 amide bonds. The molecule has 0 aliphatic heterocycles. The second-order valence-corrected chi connectivity index (χ2v) is 5.64. The first-order chi connectivity index (χ1) is 8.56. The van der Waals surface area contributed by atoms with Gasteiger partial charge in [-0.2, -0.15) is 0 Å². The van der Waals surface area contributed by atoms with Crippen LogP contribution in [0.25, 0.3) is 0 Å². The van der Waals surface area contributed by atoms with Crippen LogP contribution >= 0.6 is 23.2 Å². The third-order valence-corrected chi connectivity index (χ3v) is 3.84. The highest BCUT2D eigenvalue weighted by Gasteiger charge is 2.20. The van der Waals surface area contributed by atoms with E-state index < -0.39 is 0 Å². The molecule has 1 aromatic carbocycles. The van der Waals surface area contributed by atoms with Gasteiger partial charge in [0.25, 0.3) is 0 Å². The summed E-state index contributed by atoms with van der Waals surface area (Å²) in [5.74, 6) is 0.0740. The van der Waals surface area contributed by atoms with Crippen LogP contribution < -0.4 is 5.32 Å². The van der Waals surface area contributed by atoms with Crippen LogP contribution in [0.4, 0.5) is 0 Å². The second kappa shape index (κ2) is 6.11. The fourth-order valence-electron chi connectivity index (χ4n) is 2.36. The van der Waals surface area contributed by atoms with Gasteiger partial charge >= 0.3 is 0 Å². The highest BCUT2D eigenvalue weighted by Crippen LogP contribution is 2.31. The van der Waals surface area contributed by atoms with Gasteiger partial charge in [0.1, 0.15) is 5.75 Å². The third kappa shape index (κ3) is 3.51. The fraction of sp³-hybridized carbons (Fsp3) is 0.538. The molecule has 0 heterocycles. The number of aliphatic hydroxyl groups excluding tert-OH is 1. The molecule has 0 bridgehead atoms. The van der Waals surface area contributed by atoms with Gasteiger partial charge in [-0.05, 0) is 37.8 Å². The molecule has 0 spiro atoms. The molecular formula is C13H17Cl2NO2. The van der Waals surface area contributed by atoms with Gasteiger partial charge in [-0.25, -0.2) is 0 Å². The molecule has 2 atom stereocenters. The normalized spacial score (nSPS) is 24.2. The summed E-state index contributed by atoms with van der Waals surface area (Å²) in [6, 6.07) is 3.51. The molecule has 0 saturated heterocycles. The lowest BCUT2D eigenvalue weighted by Crippen LogP contribution is -2.35. The minimum absolute atomic E-state index is 0.0740. The predicted octanol–water partition coefficient (Wildman–Crippen LogP) is 3.09. The smallest absolute Gasteiger partial charge is 0.138 e. The van der Waals surface area contributed by atoms with E-state index in [-0.39, 0.29) is 22.9 Å². The van der Waals surface area contributed by atoms with E-state index in [4.69, 9.17) is 23.2 Å². The van der Waals surface area contributed by atoms with Crippen LogP contribution in [-0.4, -0.2) is 22.4 Å². The van der Waals surface area contributed by atoms with Crippen LogP contribution in [0.15, 0.2) is 12.1 Å². The molecule has 3 N–H and O–H groups in total. The quantitative estimate of drug-likeness (QED) is 0.802. The van der Waals surface area contributed by atoms with Gasteiger partial charge in [-0.3, -0.25) is 0 Å². The molecule has 0 aromatic heterocycles. The number of phenolic OH excluding ortho intramolecular Hbond substituents is 1. The number of rotatable bonds is 3. The van der Waals surface area contributed by atoms with E-state index in [1.54, 1.807) is 6.07 Å². The lowest BCUT2D eigenvalue weighted by Gasteiger charge is -2.27. The van der Waals surface area contributed by atoms with Gasteiger partial charge in [0.2, 0.25) is 0 Å². The average Bonchev–Trinajstić information content (AvgIpc) is 2.32. The Morgan fingerprint density at radius 2 is 2.06 bits per heavy atom. The van der Waals surface area contributed by atoms with Crippen molar-refractivity contribution in [3.05, 3.63) is 27.7 Å². The Morgan fingerprint density at radius 1 is 1.28 bits per heavy atom.